The topological polar surface area (TPSA) is 114 Å². The van der Waals surface area contributed by atoms with E-state index < -0.39 is 16.7 Å². The zero-order valence-electron chi connectivity index (χ0n) is 11.8. The monoisotopic (exact) mass is 312 g/mol. The van der Waals surface area contributed by atoms with E-state index in [2.05, 4.69) is 15.8 Å². The van der Waals surface area contributed by atoms with Gasteiger partial charge in [0.2, 0.25) is 0 Å². The third-order valence-electron chi connectivity index (χ3n) is 2.79. The van der Waals surface area contributed by atoms with Crippen LogP contribution in [0.25, 0.3) is 6.08 Å². The van der Waals surface area contributed by atoms with Crippen molar-refractivity contribution in [1.29, 1.82) is 0 Å². The Morgan fingerprint density at radius 1 is 1.09 bits per heavy atom. The smallest absolute Gasteiger partial charge is 0.268 e. The van der Waals surface area contributed by atoms with Gasteiger partial charge in [0.25, 0.3) is 17.5 Å². The standard InChI is InChI=1S/C15H12N4O4/c20-14(17-18-15(21)12-7-9-16-10-8-12)6-5-11-3-1-2-4-13(11)19(22)23/h1-10H,(H,17,20)(H,18,21)/b6-5+. The molecule has 0 bridgehead atoms. The Balaban J connectivity index is 1.95. The van der Waals surface area contributed by atoms with Crippen molar-refractivity contribution in [1.82, 2.24) is 15.8 Å². The van der Waals surface area contributed by atoms with Crippen LogP contribution in [0.3, 0.4) is 0 Å². The van der Waals surface area contributed by atoms with E-state index in [0.29, 0.717) is 5.56 Å². The molecule has 8 heteroatoms. The van der Waals surface area contributed by atoms with Crippen LogP contribution in [0, 0.1) is 10.1 Å². The Labute approximate surface area is 131 Å². The number of rotatable bonds is 4. The van der Waals surface area contributed by atoms with Gasteiger partial charge in [0, 0.05) is 30.1 Å². The SMILES string of the molecule is O=C(/C=C/c1ccccc1[N+](=O)[O-])NNC(=O)c1ccncc1. The maximum atomic E-state index is 11.7. The predicted octanol–water partition coefficient (Wildman–Crippen LogP) is 1.46. The van der Waals surface area contributed by atoms with E-state index in [1.165, 1.54) is 48.8 Å². The van der Waals surface area contributed by atoms with Crippen molar-refractivity contribution in [3.8, 4) is 0 Å². The van der Waals surface area contributed by atoms with Gasteiger partial charge in [-0.2, -0.15) is 0 Å². The van der Waals surface area contributed by atoms with Crippen molar-refractivity contribution in [3.63, 3.8) is 0 Å². The number of carbonyl (C=O) groups is 2. The molecule has 2 aromatic rings. The van der Waals surface area contributed by atoms with Gasteiger partial charge in [0.15, 0.2) is 0 Å². The van der Waals surface area contributed by atoms with Crippen molar-refractivity contribution in [3.05, 3.63) is 76.1 Å². The summed E-state index contributed by atoms with van der Waals surface area (Å²) in [5, 5.41) is 10.8. The predicted molar refractivity (Wildman–Crippen MR) is 82.0 cm³/mol. The lowest BCUT2D eigenvalue weighted by atomic mass is 10.1. The minimum atomic E-state index is -0.620. The third-order valence-corrected chi connectivity index (χ3v) is 2.79. The summed E-state index contributed by atoms with van der Waals surface area (Å²) in [6.07, 6.45) is 5.29. The molecule has 0 atom stereocenters. The second kappa shape index (κ2) is 7.46. The van der Waals surface area contributed by atoms with Crippen LogP contribution in [0.5, 0.6) is 0 Å². The molecule has 0 spiro atoms. The van der Waals surface area contributed by atoms with E-state index in [1.54, 1.807) is 6.07 Å². The van der Waals surface area contributed by atoms with Crippen LogP contribution in [0.4, 0.5) is 5.69 Å². The number of pyridine rings is 1. The van der Waals surface area contributed by atoms with Gasteiger partial charge in [0.1, 0.15) is 0 Å². The lowest BCUT2D eigenvalue weighted by Crippen LogP contribution is -2.40. The lowest BCUT2D eigenvalue weighted by Gasteiger charge is -2.04. The van der Waals surface area contributed by atoms with E-state index in [1.807, 2.05) is 0 Å². The molecule has 2 rings (SSSR count). The second-order valence-electron chi connectivity index (χ2n) is 4.33. The average molecular weight is 312 g/mol. The molecule has 0 saturated heterocycles. The quantitative estimate of drug-likeness (QED) is 0.504. The van der Waals surface area contributed by atoms with Crippen molar-refractivity contribution in [2.24, 2.45) is 0 Å². The Morgan fingerprint density at radius 2 is 1.78 bits per heavy atom. The third kappa shape index (κ3) is 4.46. The fourth-order valence-electron chi connectivity index (χ4n) is 1.70. The number of hydrogen-bond acceptors (Lipinski definition) is 5. The zero-order chi connectivity index (χ0) is 16.7. The normalized spacial score (nSPS) is 10.3. The molecule has 8 nitrogen and oxygen atoms in total. The highest BCUT2D eigenvalue weighted by atomic mass is 16.6. The molecule has 116 valence electrons. The number of nitrogens with one attached hydrogen (secondary N) is 2. The molecule has 0 fully saturated rings. The molecule has 1 heterocycles. The van der Waals surface area contributed by atoms with Gasteiger partial charge in [-0.25, -0.2) is 0 Å². The molecule has 1 aromatic heterocycles. The highest BCUT2D eigenvalue weighted by Gasteiger charge is 2.10. The van der Waals surface area contributed by atoms with Crippen LogP contribution in [0.15, 0.2) is 54.9 Å². The highest BCUT2D eigenvalue weighted by Crippen LogP contribution is 2.18. The number of carbonyl (C=O) groups excluding carboxylic acids is 2. The molecular weight excluding hydrogens is 300 g/mol. The van der Waals surface area contributed by atoms with Gasteiger partial charge in [-0.15, -0.1) is 0 Å². The summed E-state index contributed by atoms with van der Waals surface area (Å²) < 4.78 is 0. The Morgan fingerprint density at radius 3 is 2.48 bits per heavy atom. The fraction of sp³-hybridized carbons (Fsp3) is 0. The van der Waals surface area contributed by atoms with Crippen LogP contribution < -0.4 is 10.9 Å². The fourth-order valence-corrected chi connectivity index (χ4v) is 1.70. The number of nitrogens with zero attached hydrogens (tertiary/aromatic N) is 2. The number of nitro groups is 1. The molecule has 0 aliphatic heterocycles. The van der Waals surface area contributed by atoms with E-state index in [9.17, 15) is 19.7 Å². The van der Waals surface area contributed by atoms with Gasteiger partial charge < -0.3 is 0 Å². The summed E-state index contributed by atoms with van der Waals surface area (Å²) in [5.41, 5.74) is 4.91. The summed E-state index contributed by atoms with van der Waals surface area (Å²) in [7, 11) is 0. The number of para-hydroxylation sites is 1. The maximum absolute atomic E-state index is 11.7. The van der Waals surface area contributed by atoms with E-state index >= 15 is 0 Å². The molecule has 23 heavy (non-hydrogen) atoms. The molecule has 0 radical (unpaired) electrons. The first-order valence-corrected chi connectivity index (χ1v) is 6.50. The van der Waals surface area contributed by atoms with Crippen LogP contribution in [-0.2, 0) is 4.79 Å². The Bertz CT molecular complexity index is 759. The van der Waals surface area contributed by atoms with Gasteiger partial charge in [-0.1, -0.05) is 12.1 Å². The zero-order valence-corrected chi connectivity index (χ0v) is 11.8. The van der Waals surface area contributed by atoms with Crippen LogP contribution in [-0.4, -0.2) is 21.7 Å². The maximum Gasteiger partial charge on any atom is 0.276 e. The minimum absolute atomic E-state index is 0.114. The van der Waals surface area contributed by atoms with Gasteiger partial charge in [-0.3, -0.25) is 35.5 Å². The number of hydrogen-bond donors (Lipinski definition) is 2. The molecule has 0 saturated carbocycles. The van der Waals surface area contributed by atoms with Crippen LogP contribution in [0.1, 0.15) is 15.9 Å². The van der Waals surface area contributed by atoms with Gasteiger partial charge in [-0.05, 0) is 24.3 Å². The first-order chi connectivity index (χ1) is 11.1. The summed E-state index contributed by atoms with van der Waals surface area (Å²) in [5.74, 6) is -1.12. The van der Waals surface area contributed by atoms with E-state index in [-0.39, 0.29) is 11.3 Å². The first-order valence-electron chi connectivity index (χ1n) is 6.50. The van der Waals surface area contributed by atoms with Crippen molar-refractivity contribution < 1.29 is 14.5 Å². The van der Waals surface area contributed by atoms with E-state index in [0.717, 1.165) is 6.08 Å². The Hall–Kier alpha value is -3.55. The molecule has 1 aromatic carbocycles. The van der Waals surface area contributed by atoms with E-state index in [4.69, 9.17) is 0 Å². The van der Waals surface area contributed by atoms with Gasteiger partial charge in [0.05, 0.1) is 10.5 Å². The minimum Gasteiger partial charge on any atom is -0.268 e. The summed E-state index contributed by atoms with van der Waals surface area (Å²) in [6.45, 7) is 0. The molecule has 0 aliphatic carbocycles. The summed E-state index contributed by atoms with van der Waals surface area (Å²) in [4.78, 5) is 37.4. The number of amides is 2. The number of nitro benzene ring substituents is 1. The van der Waals surface area contributed by atoms with Crippen molar-refractivity contribution >= 4 is 23.6 Å². The van der Waals surface area contributed by atoms with Crippen LogP contribution in [0.2, 0.25) is 0 Å². The molecular formula is C15H12N4O4. The van der Waals surface area contributed by atoms with Gasteiger partial charge >= 0.3 is 0 Å². The number of benzene rings is 1. The number of hydrazine groups is 1. The summed E-state index contributed by atoms with van der Waals surface area (Å²) in [6, 6.07) is 8.98. The molecule has 2 N–H and O–H groups in total. The average Bonchev–Trinajstić information content (AvgIpc) is 2.58. The second-order valence-corrected chi connectivity index (χ2v) is 4.33. The molecule has 2 amide bonds. The number of aromatic nitrogens is 1. The first kappa shape index (κ1) is 15.8. The van der Waals surface area contributed by atoms with Crippen molar-refractivity contribution in [2.45, 2.75) is 0 Å². The van der Waals surface area contributed by atoms with Crippen LogP contribution >= 0.6 is 0 Å². The highest BCUT2D eigenvalue weighted by molar-refractivity contribution is 5.97. The largest absolute Gasteiger partial charge is 0.276 e. The summed E-state index contributed by atoms with van der Waals surface area (Å²) >= 11 is 0. The van der Waals surface area contributed by atoms with Crippen molar-refractivity contribution in [2.75, 3.05) is 0 Å². The molecule has 0 unspecified atom stereocenters. The molecule has 0 aliphatic rings. The lowest BCUT2D eigenvalue weighted by molar-refractivity contribution is -0.385. The Kier molecular flexibility index (Phi) is 5.13.